The van der Waals surface area contributed by atoms with E-state index in [0.29, 0.717) is 44.8 Å². The van der Waals surface area contributed by atoms with Crippen molar-refractivity contribution in [2.24, 2.45) is 5.41 Å². The maximum absolute atomic E-state index is 13.8. The summed E-state index contributed by atoms with van der Waals surface area (Å²) in [6.07, 6.45) is 10.1. The molecular formula is C29H28BClFN7. The normalized spacial score (nSPS) is 17.7. The second kappa shape index (κ2) is 9.84. The number of hydrogen-bond donors (Lipinski definition) is 2. The maximum atomic E-state index is 13.8. The average Bonchev–Trinajstić information content (AvgIpc) is 3.64. The first kappa shape index (κ1) is 25.6. The number of fused-ring (bicyclic) bond motifs is 1. The van der Waals surface area contributed by atoms with Crippen LogP contribution in [-0.4, -0.2) is 34.4 Å². The number of nitrogens with zero attached hydrogens (tertiary/aromatic N) is 5. The van der Waals surface area contributed by atoms with Crippen LogP contribution in [0.25, 0.3) is 10.9 Å². The summed E-state index contributed by atoms with van der Waals surface area (Å²) >= 11 is 6.75. The molecule has 2 saturated carbocycles. The molecule has 196 valence electrons. The van der Waals surface area contributed by atoms with E-state index in [4.69, 9.17) is 19.4 Å². The van der Waals surface area contributed by atoms with Crippen LogP contribution in [0.3, 0.4) is 0 Å². The number of pyridine rings is 1. The summed E-state index contributed by atoms with van der Waals surface area (Å²) < 4.78 is 15.7. The zero-order valence-electron chi connectivity index (χ0n) is 21.7. The number of rotatable bonds is 9. The molecule has 39 heavy (non-hydrogen) atoms. The van der Waals surface area contributed by atoms with Crippen LogP contribution >= 0.6 is 11.6 Å². The van der Waals surface area contributed by atoms with Gasteiger partial charge in [-0.05, 0) is 67.3 Å². The van der Waals surface area contributed by atoms with Crippen molar-refractivity contribution in [3.05, 3.63) is 76.5 Å². The first-order chi connectivity index (χ1) is 18.8. The number of halogens is 2. The van der Waals surface area contributed by atoms with Crippen molar-refractivity contribution in [3.63, 3.8) is 0 Å². The molecule has 2 radical (unpaired) electrons. The van der Waals surface area contributed by atoms with Crippen molar-refractivity contribution >= 4 is 41.7 Å². The predicted octanol–water partition coefficient (Wildman–Crippen LogP) is 6.30. The van der Waals surface area contributed by atoms with Gasteiger partial charge in [-0.15, -0.1) is 5.10 Å². The van der Waals surface area contributed by atoms with Gasteiger partial charge in [0.05, 0.1) is 39.5 Å². The van der Waals surface area contributed by atoms with E-state index in [1.807, 2.05) is 16.9 Å². The predicted molar refractivity (Wildman–Crippen MR) is 151 cm³/mol. The third-order valence-electron chi connectivity index (χ3n) is 8.33. The molecule has 6 rings (SSSR count). The number of aromatic nitrogens is 4. The summed E-state index contributed by atoms with van der Waals surface area (Å²) in [6, 6.07) is 12.2. The van der Waals surface area contributed by atoms with Crippen LogP contribution in [0.5, 0.6) is 0 Å². The van der Waals surface area contributed by atoms with E-state index in [-0.39, 0.29) is 11.2 Å². The molecule has 7 nitrogen and oxygen atoms in total. The van der Waals surface area contributed by atoms with Crippen molar-refractivity contribution in [1.29, 1.82) is 5.26 Å². The Kier molecular flexibility index (Phi) is 6.46. The van der Waals surface area contributed by atoms with E-state index in [9.17, 15) is 9.65 Å². The minimum absolute atomic E-state index is 0.240. The molecule has 10 heteroatoms. The Morgan fingerprint density at radius 1 is 1.26 bits per heavy atom. The standard InChI is InChI=1S/C29H28BClFN7/c1-2-28(10-3-11-28)17-35-26-18(14-33)15-34-27-23(26)12-21(13-24(27)31)36-29(30,19-4-6-20(32)7-5-19)25-16-39(38-37-25)22-8-9-22/h4-7,12-13,15-16,22,36H,2-3,8-11,17H2,1H3,(H,34,35). The molecule has 0 saturated heterocycles. The van der Waals surface area contributed by atoms with Crippen LogP contribution in [-0.2, 0) is 5.44 Å². The van der Waals surface area contributed by atoms with Crippen LogP contribution in [0.4, 0.5) is 15.8 Å². The minimum atomic E-state index is -1.33. The lowest BCUT2D eigenvalue weighted by atomic mass is 9.67. The van der Waals surface area contributed by atoms with E-state index in [2.05, 4.69) is 38.9 Å². The average molecular weight is 540 g/mol. The van der Waals surface area contributed by atoms with Crippen molar-refractivity contribution in [3.8, 4) is 6.07 Å². The Hall–Kier alpha value is -3.64. The zero-order valence-corrected chi connectivity index (χ0v) is 22.5. The summed E-state index contributed by atoms with van der Waals surface area (Å²) in [5, 5.41) is 26.7. The topological polar surface area (TPSA) is 91.5 Å². The Morgan fingerprint density at radius 3 is 2.67 bits per heavy atom. The van der Waals surface area contributed by atoms with Gasteiger partial charge >= 0.3 is 0 Å². The summed E-state index contributed by atoms with van der Waals surface area (Å²) in [5.74, 6) is -0.362. The van der Waals surface area contributed by atoms with E-state index >= 15 is 0 Å². The molecule has 2 aliphatic rings. The number of benzene rings is 2. The zero-order chi connectivity index (χ0) is 27.2. The van der Waals surface area contributed by atoms with Gasteiger partial charge in [-0.2, -0.15) is 5.26 Å². The largest absolute Gasteiger partial charge is 0.383 e. The van der Waals surface area contributed by atoms with Crippen LogP contribution < -0.4 is 10.6 Å². The van der Waals surface area contributed by atoms with Gasteiger partial charge in [-0.3, -0.25) is 4.98 Å². The number of anilines is 2. The van der Waals surface area contributed by atoms with Gasteiger partial charge < -0.3 is 10.6 Å². The van der Waals surface area contributed by atoms with Crippen molar-refractivity contribution in [1.82, 2.24) is 20.0 Å². The monoisotopic (exact) mass is 539 g/mol. The highest BCUT2D eigenvalue weighted by Gasteiger charge is 2.36. The smallest absolute Gasteiger partial charge is 0.123 e. The highest BCUT2D eigenvalue weighted by Crippen LogP contribution is 2.45. The Labute approximate surface area is 233 Å². The Bertz CT molecular complexity index is 1570. The molecule has 1 unspecified atom stereocenters. The quantitative estimate of drug-likeness (QED) is 0.243. The van der Waals surface area contributed by atoms with Gasteiger partial charge in [0.25, 0.3) is 0 Å². The molecule has 2 heterocycles. The maximum Gasteiger partial charge on any atom is 0.123 e. The van der Waals surface area contributed by atoms with Gasteiger partial charge in [-0.25, -0.2) is 9.07 Å². The van der Waals surface area contributed by atoms with Gasteiger partial charge in [0.2, 0.25) is 0 Å². The van der Waals surface area contributed by atoms with E-state index in [1.54, 1.807) is 24.4 Å². The van der Waals surface area contributed by atoms with E-state index in [0.717, 1.165) is 31.2 Å². The lowest BCUT2D eigenvalue weighted by molar-refractivity contribution is 0.145. The summed E-state index contributed by atoms with van der Waals surface area (Å²) in [5.41, 5.74) is 2.37. The third-order valence-corrected chi connectivity index (χ3v) is 8.61. The molecule has 0 amide bonds. The van der Waals surface area contributed by atoms with E-state index in [1.165, 1.54) is 31.4 Å². The fourth-order valence-electron chi connectivity index (χ4n) is 5.41. The summed E-state index contributed by atoms with van der Waals surface area (Å²) in [4.78, 5) is 4.48. The first-order valence-electron chi connectivity index (χ1n) is 13.4. The Morgan fingerprint density at radius 2 is 2.03 bits per heavy atom. The second-order valence-corrected chi connectivity index (χ2v) is 11.2. The van der Waals surface area contributed by atoms with Gasteiger partial charge in [0.15, 0.2) is 0 Å². The SMILES string of the molecule is [B]C(Nc1cc(Cl)c2ncc(C#N)c(NCC3(CC)CCC3)c2c1)(c1ccc(F)cc1)c1cn(C2CC2)nn1. The molecule has 2 aliphatic carbocycles. The van der Waals surface area contributed by atoms with Crippen molar-refractivity contribution < 1.29 is 4.39 Å². The second-order valence-electron chi connectivity index (χ2n) is 10.8. The van der Waals surface area contributed by atoms with Crippen LogP contribution in [0.15, 0.2) is 48.8 Å². The summed E-state index contributed by atoms with van der Waals surface area (Å²) in [6.45, 7) is 2.98. The molecule has 0 spiro atoms. The van der Waals surface area contributed by atoms with Crippen molar-refractivity contribution in [2.45, 2.75) is 56.9 Å². The molecule has 2 aromatic heterocycles. The molecule has 4 aromatic rings. The van der Waals surface area contributed by atoms with Gasteiger partial charge in [0.1, 0.15) is 25.4 Å². The number of nitrogens with one attached hydrogen (secondary N) is 2. The van der Waals surface area contributed by atoms with Crippen LogP contribution in [0, 0.1) is 22.6 Å². The first-order valence-corrected chi connectivity index (χ1v) is 13.7. The van der Waals surface area contributed by atoms with Gasteiger partial charge in [-0.1, -0.05) is 42.3 Å². The molecule has 1 atom stereocenters. The van der Waals surface area contributed by atoms with Crippen LogP contribution in [0.1, 0.15) is 68.3 Å². The molecule has 2 fully saturated rings. The fraction of sp³-hybridized carbons (Fsp3) is 0.379. The van der Waals surface area contributed by atoms with Gasteiger partial charge in [0, 0.05) is 23.8 Å². The lowest BCUT2D eigenvalue weighted by Crippen LogP contribution is -2.38. The third kappa shape index (κ3) is 4.72. The fourth-order valence-corrected chi connectivity index (χ4v) is 5.68. The molecule has 2 N–H and O–H groups in total. The van der Waals surface area contributed by atoms with E-state index < -0.39 is 5.44 Å². The Balaban J connectivity index is 1.43. The number of nitriles is 1. The van der Waals surface area contributed by atoms with Crippen LogP contribution in [0.2, 0.25) is 5.02 Å². The molecule has 2 aromatic carbocycles. The molecule has 0 aliphatic heterocycles. The molecule has 0 bridgehead atoms. The summed E-state index contributed by atoms with van der Waals surface area (Å²) in [7, 11) is 7.03. The molecular weight excluding hydrogens is 512 g/mol. The van der Waals surface area contributed by atoms with Crippen molar-refractivity contribution in [2.75, 3.05) is 17.2 Å². The lowest BCUT2D eigenvalue weighted by Gasteiger charge is -2.41. The highest BCUT2D eigenvalue weighted by molar-refractivity contribution is 6.36. The minimum Gasteiger partial charge on any atom is -0.383 e. The number of hydrogen-bond acceptors (Lipinski definition) is 6. The highest BCUT2D eigenvalue weighted by atomic mass is 35.5.